The van der Waals surface area contributed by atoms with E-state index >= 15 is 0 Å². The number of nitrogens with zero attached hydrogens (tertiary/aromatic N) is 1. The lowest BCUT2D eigenvalue weighted by molar-refractivity contribution is 0.916. The van der Waals surface area contributed by atoms with Gasteiger partial charge in [-0.25, -0.2) is 0 Å². The Bertz CT molecular complexity index is 684. The Balaban J connectivity index is 0.000000505. The second-order valence-electron chi connectivity index (χ2n) is 4.94. The van der Waals surface area contributed by atoms with Crippen molar-refractivity contribution < 1.29 is 0 Å². The zero-order chi connectivity index (χ0) is 17.6. The highest BCUT2D eigenvalue weighted by atomic mass is 35.5. The molecule has 1 unspecified atom stereocenters. The van der Waals surface area contributed by atoms with E-state index in [1.165, 1.54) is 5.56 Å². The van der Waals surface area contributed by atoms with Crippen molar-refractivity contribution in [3.05, 3.63) is 108 Å². The summed E-state index contributed by atoms with van der Waals surface area (Å²) in [6, 6.07) is 18.0. The van der Waals surface area contributed by atoms with Crippen LogP contribution in [0.4, 0.5) is 0 Å². The molecule has 0 radical (unpaired) electrons. The first-order valence-electron chi connectivity index (χ1n) is 7.92. The van der Waals surface area contributed by atoms with Crippen LogP contribution in [0.3, 0.4) is 0 Å². The fourth-order valence-corrected chi connectivity index (χ4v) is 2.14. The lowest BCUT2D eigenvalue weighted by Crippen LogP contribution is -1.93. The van der Waals surface area contributed by atoms with Gasteiger partial charge in [-0.05, 0) is 25.5 Å². The lowest BCUT2D eigenvalue weighted by atomic mass is 10.1. The second-order valence-corrected chi connectivity index (χ2v) is 5.35. The number of allylic oxidation sites excluding steroid dienone is 4. The van der Waals surface area contributed by atoms with Crippen molar-refractivity contribution in [1.29, 1.82) is 0 Å². The van der Waals surface area contributed by atoms with E-state index in [2.05, 4.69) is 29.8 Å². The summed E-state index contributed by atoms with van der Waals surface area (Å²) in [6.45, 7) is 7.42. The molecule has 0 aromatic heterocycles. The number of hydrogen-bond donors (Lipinski definition) is 0. The van der Waals surface area contributed by atoms with Gasteiger partial charge in [0.1, 0.15) is 0 Å². The SMILES string of the molecule is C/C=C/C(N=Cc1ccccc1Cl)c1ccccc1.C=C/C=C\C. The largest absolute Gasteiger partial charge is 0.280 e. The molecule has 2 aromatic rings. The third kappa shape index (κ3) is 7.26. The molecule has 1 atom stereocenters. The van der Waals surface area contributed by atoms with Gasteiger partial charge in [0.2, 0.25) is 0 Å². The Kier molecular flexibility index (Phi) is 9.91. The molecule has 0 aliphatic rings. The van der Waals surface area contributed by atoms with Crippen LogP contribution >= 0.6 is 11.6 Å². The molecule has 1 nitrogen and oxygen atoms in total. The molecular formula is C22H24ClN. The van der Waals surface area contributed by atoms with Crippen molar-refractivity contribution in [3.63, 3.8) is 0 Å². The number of rotatable bonds is 5. The van der Waals surface area contributed by atoms with Crippen molar-refractivity contribution in [1.82, 2.24) is 0 Å². The van der Waals surface area contributed by atoms with Gasteiger partial charge in [-0.1, -0.05) is 97.1 Å². The van der Waals surface area contributed by atoms with Crippen LogP contribution in [-0.4, -0.2) is 6.21 Å². The second kappa shape index (κ2) is 12.1. The standard InChI is InChI=1S/C17H16ClN.C5H8/c1-2-8-17(14-9-4-3-5-10-14)19-13-15-11-6-7-12-16(15)18;1-3-5-4-2/h2-13,17H,1H3;3-5H,1H2,2H3/b8-2+,19-13?;5-4-. The molecule has 0 amide bonds. The topological polar surface area (TPSA) is 12.4 Å². The molecule has 0 fully saturated rings. The summed E-state index contributed by atoms with van der Waals surface area (Å²) in [7, 11) is 0. The molecule has 0 bridgehead atoms. The highest BCUT2D eigenvalue weighted by molar-refractivity contribution is 6.33. The van der Waals surface area contributed by atoms with Gasteiger partial charge in [-0.3, -0.25) is 4.99 Å². The minimum absolute atomic E-state index is 0.0301. The van der Waals surface area contributed by atoms with Crippen LogP contribution in [0.25, 0.3) is 0 Å². The molecule has 2 heteroatoms. The van der Waals surface area contributed by atoms with Crippen LogP contribution in [0.1, 0.15) is 31.0 Å². The van der Waals surface area contributed by atoms with E-state index < -0.39 is 0 Å². The van der Waals surface area contributed by atoms with Crippen molar-refractivity contribution in [2.75, 3.05) is 0 Å². The quantitative estimate of drug-likeness (QED) is 0.322. The van der Waals surface area contributed by atoms with Crippen LogP contribution in [0.2, 0.25) is 5.02 Å². The lowest BCUT2D eigenvalue weighted by Gasteiger charge is -2.08. The third-order valence-electron chi connectivity index (χ3n) is 3.12. The summed E-state index contributed by atoms with van der Waals surface area (Å²) in [5, 5.41) is 0.721. The first-order valence-corrected chi connectivity index (χ1v) is 8.30. The fourth-order valence-electron chi connectivity index (χ4n) is 1.96. The molecule has 0 aliphatic heterocycles. The van der Waals surface area contributed by atoms with Crippen LogP contribution in [-0.2, 0) is 0 Å². The maximum atomic E-state index is 6.12. The molecule has 0 spiro atoms. The van der Waals surface area contributed by atoms with Gasteiger partial charge in [0.15, 0.2) is 0 Å². The normalized spacial score (nSPS) is 12.3. The maximum Gasteiger partial charge on any atom is 0.0930 e. The van der Waals surface area contributed by atoms with Gasteiger partial charge in [0.05, 0.1) is 6.04 Å². The highest BCUT2D eigenvalue weighted by Gasteiger charge is 2.04. The molecule has 0 N–H and O–H groups in total. The minimum Gasteiger partial charge on any atom is -0.280 e. The van der Waals surface area contributed by atoms with E-state index in [0.29, 0.717) is 0 Å². The van der Waals surface area contributed by atoms with E-state index in [1.54, 1.807) is 6.08 Å². The third-order valence-corrected chi connectivity index (χ3v) is 3.47. The van der Waals surface area contributed by atoms with Crippen molar-refractivity contribution >= 4 is 17.8 Å². The Morgan fingerprint density at radius 1 is 0.958 bits per heavy atom. The van der Waals surface area contributed by atoms with Gasteiger partial charge in [0.25, 0.3) is 0 Å². The average Bonchev–Trinajstić information content (AvgIpc) is 2.62. The van der Waals surface area contributed by atoms with Gasteiger partial charge in [-0.15, -0.1) is 0 Å². The van der Waals surface area contributed by atoms with Crippen LogP contribution in [0.15, 0.2) is 96.5 Å². The van der Waals surface area contributed by atoms with Crippen molar-refractivity contribution in [2.45, 2.75) is 19.9 Å². The van der Waals surface area contributed by atoms with Gasteiger partial charge in [-0.2, -0.15) is 0 Å². The molecule has 0 saturated carbocycles. The Morgan fingerprint density at radius 3 is 2.17 bits per heavy atom. The average molecular weight is 338 g/mol. The van der Waals surface area contributed by atoms with Gasteiger partial charge in [0, 0.05) is 16.8 Å². The van der Waals surface area contributed by atoms with E-state index in [-0.39, 0.29) is 6.04 Å². The van der Waals surface area contributed by atoms with Crippen molar-refractivity contribution in [2.24, 2.45) is 4.99 Å². The zero-order valence-electron chi connectivity index (χ0n) is 14.3. The minimum atomic E-state index is 0.0301. The molecule has 0 heterocycles. The van der Waals surface area contributed by atoms with Crippen LogP contribution in [0.5, 0.6) is 0 Å². The van der Waals surface area contributed by atoms with E-state index in [0.717, 1.165) is 10.6 Å². The highest BCUT2D eigenvalue weighted by Crippen LogP contribution is 2.20. The maximum absolute atomic E-state index is 6.12. The summed E-state index contributed by atoms with van der Waals surface area (Å²) < 4.78 is 0. The molecular weight excluding hydrogens is 314 g/mol. The predicted octanol–water partition coefficient (Wildman–Crippen LogP) is 6.82. The summed E-state index contributed by atoms with van der Waals surface area (Å²) in [6.07, 6.45) is 11.5. The summed E-state index contributed by atoms with van der Waals surface area (Å²) in [4.78, 5) is 4.62. The Morgan fingerprint density at radius 2 is 1.62 bits per heavy atom. The van der Waals surface area contributed by atoms with Crippen LogP contribution < -0.4 is 0 Å². The smallest absolute Gasteiger partial charge is 0.0930 e. The first kappa shape index (κ1) is 19.7. The molecule has 24 heavy (non-hydrogen) atoms. The molecule has 2 rings (SSSR count). The number of hydrogen-bond acceptors (Lipinski definition) is 1. The number of benzene rings is 2. The number of aliphatic imine (C=N–C) groups is 1. The zero-order valence-corrected chi connectivity index (χ0v) is 15.0. The summed E-state index contributed by atoms with van der Waals surface area (Å²) >= 11 is 6.12. The molecule has 0 saturated heterocycles. The van der Waals surface area contributed by atoms with Gasteiger partial charge < -0.3 is 0 Å². The monoisotopic (exact) mass is 337 g/mol. The summed E-state index contributed by atoms with van der Waals surface area (Å²) in [5.74, 6) is 0. The Hall–Kier alpha value is -2.38. The predicted molar refractivity (Wildman–Crippen MR) is 108 cm³/mol. The first-order chi connectivity index (χ1) is 11.7. The van der Waals surface area contributed by atoms with E-state index in [9.17, 15) is 0 Å². The molecule has 124 valence electrons. The Labute approximate surface area is 150 Å². The molecule has 0 aliphatic carbocycles. The molecule has 2 aromatic carbocycles. The summed E-state index contributed by atoms with van der Waals surface area (Å²) in [5.41, 5.74) is 2.11. The van der Waals surface area contributed by atoms with Crippen LogP contribution in [0, 0.1) is 0 Å². The number of halogens is 1. The van der Waals surface area contributed by atoms with E-state index in [1.807, 2.05) is 80.8 Å². The fraction of sp³-hybridized carbons (Fsp3) is 0.136. The van der Waals surface area contributed by atoms with E-state index in [4.69, 9.17) is 11.6 Å². The van der Waals surface area contributed by atoms with Crippen molar-refractivity contribution in [3.8, 4) is 0 Å². The van der Waals surface area contributed by atoms with Gasteiger partial charge >= 0.3 is 0 Å².